The lowest BCUT2D eigenvalue weighted by molar-refractivity contribution is -0.0680. The van der Waals surface area contributed by atoms with Crippen LogP contribution >= 0.6 is 0 Å². The Labute approximate surface area is 183 Å². The van der Waals surface area contributed by atoms with E-state index in [1.54, 1.807) is 96.3 Å². The molecular weight excluding hydrogens is 348 g/mol. The van der Waals surface area contributed by atoms with Crippen LogP contribution in [-0.4, -0.2) is 0 Å². The number of hydrogen-bond donors (Lipinski definition) is 0. The highest BCUT2D eigenvalue weighted by Gasteiger charge is 2.51. The fourth-order valence-corrected chi connectivity index (χ4v) is 8.67. The second-order valence-corrected chi connectivity index (χ2v) is 12.4. The molecule has 5 rings (SSSR count). The molecule has 5 saturated carbocycles. The van der Waals surface area contributed by atoms with Crippen LogP contribution in [0.5, 0.6) is 0 Å². The molecule has 0 aliphatic heterocycles. The molecule has 29 heavy (non-hydrogen) atoms. The van der Waals surface area contributed by atoms with Gasteiger partial charge in [0.1, 0.15) is 0 Å². The molecule has 5 fully saturated rings. The molecule has 0 aromatic heterocycles. The summed E-state index contributed by atoms with van der Waals surface area (Å²) >= 11 is 0. The molecule has 0 N–H and O–H groups in total. The van der Waals surface area contributed by atoms with Gasteiger partial charge in [-0.2, -0.15) is 0 Å². The molecule has 0 spiro atoms. The second-order valence-electron chi connectivity index (χ2n) is 12.4. The first-order valence-corrected chi connectivity index (χ1v) is 14.2. The zero-order chi connectivity index (χ0) is 20.2. The van der Waals surface area contributed by atoms with E-state index in [1.807, 2.05) is 0 Å². The maximum absolute atomic E-state index is 2.36. The van der Waals surface area contributed by atoms with Crippen LogP contribution in [0.25, 0.3) is 0 Å². The molecule has 0 amide bonds. The maximum Gasteiger partial charge on any atom is -0.0269 e. The van der Waals surface area contributed by atoms with Gasteiger partial charge in [0.05, 0.1) is 0 Å². The Morgan fingerprint density at radius 1 is 0.586 bits per heavy atom. The fraction of sp³-hybridized carbons (Fsp3) is 1.00. The summed E-state index contributed by atoms with van der Waals surface area (Å²) in [5, 5.41) is 0. The topological polar surface area (TPSA) is 0 Å². The SMILES string of the molecule is CCCCCC12CCC(C3CCC([C@H]4CC[C@H](CCCC)CC4)CC3)(CC1)CC2. The largest absolute Gasteiger partial charge is 0.0654 e. The van der Waals surface area contributed by atoms with E-state index in [2.05, 4.69) is 13.8 Å². The summed E-state index contributed by atoms with van der Waals surface area (Å²) in [7, 11) is 0. The first kappa shape index (κ1) is 22.2. The summed E-state index contributed by atoms with van der Waals surface area (Å²) < 4.78 is 0. The molecule has 0 aromatic carbocycles. The van der Waals surface area contributed by atoms with Crippen LogP contribution in [0.3, 0.4) is 0 Å². The van der Waals surface area contributed by atoms with Gasteiger partial charge in [-0.1, -0.05) is 65.2 Å². The predicted molar refractivity (Wildman–Crippen MR) is 127 cm³/mol. The number of unbranched alkanes of at least 4 members (excludes halogenated alkanes) is 3. The Balaban J connectivity index is 1.21. The van der Waals surface area contributed by atoms with Crippen molar-refractivity contribution in [3.63, 3.8) is 0 Å². The van der Waals surface area contributed by atoms with E-state index in [9.17, 15) is 0 Å². The van der Waals surface area contributed by atoms with Crippen molar-refractivity contribution in [2.45, 2.75) is 149 Å². The van der Waals surface area contributed by atoms with Crippen molar-refractivity contribution in [2.75, 3.05) is 0 Å². The van der Waals surface area contributed by atoms with Gasteiger partial charge in [0.25, 0.3) is 0 Å². The summed E-state index contributed by atoms with van der Waals surface area (Å²) in [4.78, 5) is 0. The minimum atomic E-state index is 0.796. The molecule has 5 aliphatic rings. The Kier molecular flexibility index (Phi) is 7.72. The Morgan fingerprint density at radius 2 is 1.14 bits per heavy atom. The van der Waals surface area contributed by atoms with E-state index in [4.69, 9.17) is 0 Å². The number of rotatable bonds is 9. The van der Waals surface area contributed by atoms with Gasteiger partial charge in [0, 0.05) is 0 Å². The van der Waals surface area contributed by atoms with E-state index < -0.39 is 0 Å². The minimum absolute atomic E-state index is 0.796. The quantitative estimate of drug-likeness (QED) is 0.338. The first-order valence-electron chi connectivity index (χ1n) is 14.2. The van der Waals surface area contributed by atoms with E-state index >= 15 is 0 Å². The van der Waals surface area contributed by atoms with Gasteiger partial charge in [0.15, 0.2) is 0 Å². The lowest BCUT2D eigenvalue weighted by Crippen LogP contribution is -2.46. The van der Waals surface area contributed by atoms with Crippen molar-refractivity contribution >= 4 is 0 Å². The molecule has 0 heteroatoms. The molecule has 0 unspecified atom stereocenters. The molecule has 0 aromatic rings. The third kappa shape index (κ3) is 5.09. The first-order chi connectivity index (χ1) is 14.2. The Morgan fingerprint density at radius 3 is 1.69 bits per heavy atom. The van der Waals surface area contributed by atoms with Gasteiger partial charge >= 0.3 is 0 Å². The van der Waals surface area contributed by atoms with Gasteiger partial charge < -0.3 is 0 Å². The predicted octanol–water partition coefficient (Wildman–Crippen LogP) is 9.71. The van der Waals surface area contributed by atoms with E-state index in [1.165, 1.54) is 38.5 Å². The normalized spacial score (nSPS) is 42.8. The number of hydrogen-bond acceptors (Lipinski definition) is 0. The number of fused-ring (bicyclic) bond motifs is 3. The summed E-state index contributed by atoms with van der Waals surface area (Å²) in [6.45, 7) is 4.72. The van der Waals surface area contributed by atoms with Crippen LogP contribution in [-0.2, 0) is 0 Å². The molecule has 5 aliphatic carbocycles. The van der Waals surface area contributed by atoms with Crippen molar-refractivity contribution in [1.82, 2.24) is 0 Å². The monoisotopic (exact) mass is 400 g/mol. The molecule has 0 atom stereocenters. The van der Waals surface area contributed by atoms with Gasteiger partial charge in [-0.25, -0.2) is 0 Å². The van der Waals surface area contributed by atoms with Crippen LogP contribution < -0.4 is 0 Å². The minimum Gasteiger partial charge on any atom is -0.0654 e. The van der Waals surface area contributed by atoms with E-state index in [0.29, 0.717) is 0 Å². The highest BCUT2D eigenvalue weighted by atomic mass is 14.6. The van der Waals surface area contributed by atoms with Crippen LogP contribution in [0.15, 0.2) is 0 Å². The van der Waals surface area contributed by atoms with Crippen LogP contribution in [0.1, 0.15) is 149 Å². The second kappa shape index (κ2) is 10.1. The summed E-state index contributed by atoms with van der Waals surface area (Å²) in [6.07, 6.45) is 32.6. The standard InChI is InChI=1S/C29H52/c1-3-5-7-17-28-18-21-29(22-19-28,23-20-28)27-15-13-26(14-16-27)25-11-9-24(10-12-25)8-6-4-2/h24-27H,3-23H2,1-2H3/t24-,25-,26?,27?,28?,29?. The van der Waals surface area contributed by atoms with Crippen molar-refractivity contribution in [3.8, 4) is 0 Å². The molecule has 0 heterocycles. The van der Waals surface area contributed by atoms with Gasteiger partial charge in [-0.05, 0) is 118 Å². The average Bonchev–Trinajstić information content (AvgIpc) is 2.79. The van der Waals surface area contributed by atoms with Crippen molar-refractivity contribution in [1.29, 1.82) is 0 Å². The van der Waals surface area contributed by atoms with E-state index in [0.717, 1.165) is 34.5 Å². The van der Waals surface area contributed by atoms with Gasteiger partial charge in [0.2, 0.25) is 0 Å². The molecule has 0 nitrogen and oxygen atoms in total. The molecule has 168 valence electrons. The molecule has 0 radical (unpaired) electrons. The smallest absolute Gasteiger partial charge is 0.0269 e. The van der Waals surface area contributed by atoms with Gasteiger partial charge in [-0.15, -0.1) is 0 Å². The molecule has 2 bridgehead atoms. The van der Waals surface area contributed by atoms with E-state index in [-0.39, 0.29) is 0 Å². The summed E-state index contributed by atoms with van der Waals surface area (Å²) in [5.74, 6) is 4.41. The lowest BCUT2D eigenvalue weighted by atomic mass is 9.47. The fourth-order valence-electron chi connectivity index (χ4n) is 8.67. The van der Waals surface area contributed by atoms with Gasteiger partial charge in [-0.3, -0.25) is 0 Å². The highest BCUT2D eigenvalue weighted by Crippen LogP contribution is 2.63. The maximum atomic E-state index is 2.36. The Hall–Kier alpha value is 0. The van der Waals surface area contributed by atoms with Crippen molar-refractivity contribution in [3.05, 3.63) is 0 Å². The highest BCUT2D eigenvalue weighted by molar-refractivity contribution is 5.03. The van der Waals surface area contributed by atoms with Crippen LogP contribution in [0, 0.1) is 34.5 Å². The van der Waals surface area contributed by atoms with Crippen molar-refractivity contribution < 1.29 is 0 Å². The van der Waals surface area contributed by atoms with Crippen LogP contribution in [0.2, 0.25) is 0 Å². The van der Waals surface area contributed by atoms with Crippen molar-refractivity contribution in [2.24, 2.45) is 34.5 Å². The Bertz CT molecular complexity index is 450. The third-order valence-electron chi connectivity index (χ3n) is 10.9. The zero-order valence-corrected chi connectivity index (χ0v) is 20.2. The third-order valence-corrected chi connectivity index (χ3v) is 10.9. The molecule has 0 saturated heterocycles. The zero-order valence-electron chi connectivity index (χ0n) is 20.2. The summed E-state index contributed by atoms with van der Waals surface area (Å²) in [6, 6.07) is 0. The van der Waals surface area contributed by atoms with Crippen LogP contribution in [0.4, 0.5) is 0 Å². The lowest BCUT2D eigenvalue weighted by Gasteiger charge is -2.58. The molecular formula is C29H52. The summed E-state index contributed by atoms with van der Waals surface area (Å²) in [5.41, 5.74) is 1.60. The average molecular weight is 401 g/mol.